The van der Waals surface area contributed by atoms with Crippen molar-refractivity contribution in [3.8, 4) is 34.3 Å². The number of nitriles is 1. The minimum atomic E-state index is -2.93. The summed E-state index contributed by atoms with van der Waals surface area (Å²) in [4.78, 5) is 31.2. The highest BCUT2D eigenvalue weighted by molar-refractivity contribution is 6.31. The molecule has 2 aromatic carbocycles. The van der Waals surface area contributed by atoms with Crippen LogP contribution in [0.3, 0.4) is 0 Å². The third-order valence-corrected chi connectivity index (χ3v) is 7.84. The Bertz CT molecular complexity index is 1980. The Balaban J connectivity index is 1.44. The van der Waals surface area contributed by atoms with Crippen LogP contribution < -0.4 is 10.9 Å². The highest BCUT2D eigenvalue weighted by atomic mass is 35.5. The first-order chi connectivity index (χ1) is 21.2. The molecule has 0 radical (unpaired) electrons. The van der Waals surface area contributed by atoms with Crippen LogP contribution in [0, 0.1) is 17.2 Å². The van der Waals surface area contributed by atoms with Crippen LogP contribution in [0.25, 0.3) is 28.2 Å². The van der Waals surface area contributed by atoms with Gasteiger partial charge in [0.15, 0.2) is 5.69 Å². The van der Waals surface area contributed by atoms with Crippen LogP contribution in [0.15, 0.2) is 72.0 Å². The maximum absolute atomic E-state index is 13.9. The third-order valence-electron chi connectivity index (χ3n) is 7.61. The largest absolute Gasteiger partial charge is 0.333 e. The lowest BCUT2D eigenvalue weighted by molar-refractivity contribution is -0.119. The number of nitrogens with zero attached hydrogens (tertiary/aromatic N) is 8. The number of amides is 1. The van der Waals surface area contributed by atoms with E-state index in [0.29, 0.717) is 57.0 Å². The molecule has 0 fully saturated rings. The summed E-state index contributed by atoms with van der Waals surface area (Å²) in [5.41, 5.74) is 2.50. The fourth-order valence-electron chi connectivity index (χ4n) is 5.39. The lowest BCUT2D eigenvalue weighted by Gasteiger charge is -2.23. The first-order valence-corrected chi connectivity index (χ1v) is 14.1. The van der Waals surface area contributed by atoms with E-state index in [-0.39, 0.29) is 28.5 Å². The average Bonchev–Trinajstić information content (AvgIpc) is 3.67. The highest BCUT2D eigenvalue weighted by Gasteiger charge is 2.25. The molecule has 14 heteroatoms. The second-order valence-corrected chi connectivity index (χ2v) is 10.9. The molecule has 2 unspecified atom stereocenters. The normalized spacial score (nSPS) is 16.9. The zero-order valence-electron chi connectivity index (χ0n) is 23.2. The number of aromatic nitrogens is 7. The minimum absolute atomic E-state index is 0.0729. The minimum Gasteiger partial charge on any atom is -0.323 e. The van der Waals surface area contributed by atoms with Gasteiger partial charge in [0, 0.05) is 28.1 Å². The molecule has 3 aromatic heterocycles. The van der Waals surface area contributed by atoms with Gasteiger partial charge in [0.2, 0.25) is 5.91 Å². The molecule has 6 rings (SSSR count). The zero-order valence-corrected chi connectivity index (χ0v) is 24.0. The van der Waals surface area contributed by atoms with Gasteiger partial charge in [0.05, 0.1) is 47.5 Å². The molecule has 2 bridgehead atoms. The number of nitrogens with one attached hydrogen (secondary N) is 1. The number of hydrogen-bond acceptors (Lipinski definition) is 7. The first-order valence-electron chi connectivity index (χ1n) is 13.7. The number of hydrogen-bond donors (Lipinski definition) is 1. The van der Waals surface area contributed by atoms with Crippen LogP contribution in [0.2, 0.25) is 5.02 Å². The lowest BCUT2D eigenvalue weighted by Crippen LogP contribution is -2.26. The molecule has 0 spiro atoms. The number of alkyl halides is 2. The fraction of sp³-hybridized carbons (Fsp3) is 0.233. The molecule has 0 aliphatic carbocycles. The van der Waals surface area contributed by atoms with E-state index in [4.69, 9.17) is 11.6 Å². The quantitative estimate of drug-likeness (QED) is 0.277. The molecular weight excluding hydrogens is 592 g/mol. The molecule has 1 aliphatic heterocycles. The summed E-state index contributed by atoms with van der Waals surface area (Å²) in [7, 11) is 0. The Morgan fingerprint density at radius 2 is 1.98 bits per heavy atom. The van der Waals surface area contributed by atoms with Gasteiger partial charge in [-0.25, -0.2) is 14.3 Å². The highest BCUT2D eigenvalue weighted by Crippen LogP contribution is 2.36. The van der Waals surface area contributed by atoms with Crippen molar-refractivity contribution in [2.24, 2.45) is 5.92 Å². The summed E-state index contributed by atoms with van der Waals surface area (Å²) in [6.07, 6.45) is 5.72. The molecule has 1 aliphatic rings. The Kier molecular flexibility index (Phi) is 7.75. The van der Waals surface area contributed by atoms with Gasteiger partial charge in [-0.1, -0.05) is 48.4 Å². The Labute approximate surface area is 254 Å². The number of carbonyl (C=O) groups excluding carboxylic acids is 1. The van der Waals surface area contributed by atoms with Gasteiger partial charge in [-0.15, -0.1) is 5.10 Å². The number of carbonyl (C=O) groups is 1. The van der Waals surface area contributed by atoms with Crippen molar-refractivity contribution in [2.75, 3.05) is 5.32 Å². The number of benzene rings is 2. The number of halogens is 3. The van der Waals surface area contributed by atoms with Crippen LogP contribution in [0.1, 0.15) is 50.0 Å². The smallest absolute Gasteiger partial charge is 0.323 e. The number of rotatable bonds is 4. The van der Waals surface area contributed by atoms with E-state index in [1.54, 1.807) is 43.3 Å². The van der Waals surface area contributed by atoms with Crippen molar-refractivity contribution < 1.29 is 13.6 Å². The van der Waals surface area contributed by atoms with Crippen LogP contribution in [-0.4, -0.2) is 40.2 Å². The second kappa shape index (κ2) is 11.8. The van der Waals surface area contributed by atoms with E-state index < -0.39 is 18.5 Å². The third kappa shape index (κ3) is 5.47. The monoisotopic (exact) mass is 615 g/mol. The summed E-state index contributed by atoms with van der Waals surface area (Å²) >= 11 is 6.29. The standard InChI is InChI=1S/C30H24ClF2N9O2/c1-17-4-2-7-25(18-5-3-6-19(10-18)28-24(37-29(17)44)14-36-42(28)30(32)33)40-16-35-23(12-27(40)43)22-11-20(31)8-9-26(22)41-15-21(13-34)38-39-41/h3,5-6,8-12,14-17,25,30H,2,4,7H2,1H3,(H,37,44). The average molecular weight is 616 g/mol. The SMILES string of the molecule is CC1CCCC(n2cnc(-c3cc(Cl)ccc3-n3cc(C#N)nn3)cc2=O)c2cccc(c2)-c2c(cnn2C(F)F)NC1=O. The number of fused-ring (bicyclic) bond motifs is 4. The molecule has 44 heavy (non-hydrogen) atoms. The maximum atomic E-state index is 13.9. The molecule has 0 saturated heterocycles. The second-order valence-electron chi connectivity index (χ2n) is 10.4. The molecule has 4 heterocycles. The molecule has 1 amide bonds. The van der Waals surface area contributed by atoms with E-state index in [1.165, 1.54) is 34.0 Å². The van der Waals surface area contributed by atoms with Gasteiger partial charge in [-0.05, 0) is 42.7 Å². The van der Waals surface area contributed by atoms with Gasteiger partial charge in [0.25, 0.3) is 5.56 Å². The molecule has 2 atom stereocenters. The molecule has 11 nitrogen and oxygen atoms in total. The molecule has 222 valence electrons. The Morgan fingerprint density at radius 3 is 2.73 bits per heavy atom. The zero-order chi connectivity index (χ0) is 31.0. The predicted molar refractivity (Wildman–Crippen MR) is 157 cm³/mol. The van der Waals surface area contributed by atoms with E-state index in [1.807, 2.05) is 12.1 Å². The van der Waals surface area contributed by atoms with Crippen LogP contribution in [0.5, 0.6) is 0 Å². The van der Waals surface area contributed by atoms with Crippen LogP contribution in [-0.2, 0) is 4.79 Å². The van der Waals surface area contributed by atoms with E-state index in [0.717, 1.165) is 0 Å². The van der Waals surface area contributed by atoms with Gasteiger partial charge in [-0.3, -0.25) is 14.2 Å². The van der Waals surface area contributed by atoms with Crippen molar-refractivity contribution in [1.82, 2.24) is 34.3 Å². The first kappa shape index (κ1) is 28.9. The Hall–Kier alpha value is -5.22. The molecule has 1 N–H and O–H groups in total. The van der Waals surface area contributed by atoms with Crippen molar-refractivity contribution >= 4 is 23.2 Å². The van der Waals surface area contributed by atoms with Crippen molar-refractivity contribution in [3.05, 3.63) is 93.9 Å². The topological polar surface area (TPSA) is 136 Å². The van der Waals surface area contributed by atoms with Crippen molar-refractivity contribution in [1.29, 1.82) is 5.26 Å². The molecule has 0 saturated carbocycles. The maximum Gasteiger partial charge on any atom is 0.333 e. The fourth-order valence-corrected chi connectivity index (χ4v) is 5.56. The molecule has 5 aromatic rings. The summed E-state index contributed by atoms with van der Waals surface area (Å²) in [5.74, 6) is -0.712. The van der Waals surface area contributed by atoms with Gasteiger partial charge in [0.1, 0.15) is 6.07 Å². The van der Waals surface area contributed by atoms with Crippen molar-refractivity contribution in [2.45, 2.75) is 38.8 Å². The Morgan fingerprint density at radius 1 is 1.14 bits per heavy atom. The summed E-state index contributed by atoms with van der Waals surface area (Å²) in [6.45, 7) is -1.16. The van der Waals surface area contributed by atoms with E-state index in [9.17, 15) is 23.6 Å². The van der Waals surface area contributed by atoms with E-state index >= 15 is 0 Å². The summed E-state index contributed by atoms with van der Waals surface area (Å²) in [6, 6.07) is 14.7. The van der Waals surface area contributed by atoms with Gasteiger partial charge < -0.3 is 5.32 Å². The van der Waals surface area contributed by atoms with Crippen molar-refractivity contribution in [3.63, 3.8) is 0 Å². The van der Waals surface area contributed by atoms with Crippen LogP contribution >= 0.6 is 11.6 Å². The van der Waals surface area contributed by atoms with Gasteiger partial charge >= 0.3 is 6.55 Å². The van der Waals surface area contributed by atoms with Gasteiger partial charge in [-0.2, -0.15) is 19.1 Å². The summed E-state index contributed by atoms with van der Waals surface area (Å²) in [5, 5.41) is 24.0. The molecular formula is C30H24ClF2N9O2. The lowest BCUT2D eigenvalue weighted by atomic mass is 9.94. The van der Waals surface area contributed by atoms with E-state index in [2.05, 4.69) is 25.7 Å². The predicted octanol–water partition coefficient (Wildman–Crippen LogP) is 5.62. The summed E-state index contributed by atoms with van der Waals surface area (Å²) < 4.78 is 31.4. The number of anilines is 1. The van der Waals surface area contributed by atoms with Crippen LogP contribution in [0.4, 0.5) is 14.5 Å².